The Morgan fingerprint density at radius 1 is 1.25 bits per heavy atom. The minimum atomic E-state index is -0.369. The van der Waals surface area contributed by atoms with Crippen LogP contribution in [0.15, 0.2) is 0 Å². The second kappa shape index (κ2) is 7.34. The first-order valence-corrected chi connectivity index (χ1v) is 8.85. The zero-order chi connectivity index (χ0) is 15.4. The van der Waals surface area contributed by atoms with Gasteiger partial charge in [0, 0.05) is 11.8 Å². The molecule has 4 nitrogen and oxygen atoms in total. The van der Waals surface area contributed by atoms with Gasteiger partial charge in [0.25, 0.3) is 0 Å². The van der Waals surface area contributed by atoms with Crippen LogP contribution in [-0.2, 0) is 9.59 Å². The molecule has 1 aliphatic rings. The molecular formula is C15H28N2O2S. The summed E-state index contributed by atoms with van der Waals surface area (Å²) in [6.07, 6.45) is 2.91. The molecule has 4 atom stereocenters. The van der Waals surface area contributed by atoms with Crippen molar-refractivity contribution in [3.8, 4) is 0 Å². The van der Waals surface area contributed by atoms with Crippen molar-refractivity contribution in [2.24, 2.45) is 11.8 Å². The van der Waals surface area contributed by atoms with Gasteiger partial charge in [-0.1, -0.05) is 34.1 Å². The third kappa shape index (κ3) is 3.48. The van der Waals surface area contributed by atoms with Gasteiger partial charge in [0.1, 0.15) is 12.1 Å². The number of hydrogen-bond donors (Lipinski definition) is 1. The average Bonchev–Trinajstić information content (AvgIpc) is 2.39. The van der Waals surface area contributed by atoms with E-state index in [1.54, 1.807) is 11.8 Å². The first-order chi connectivity index (χ1) is 9.34. The van der Waals surface area contributed by atoms with Crippen LogP contribution >= 0.6 is 11.8 Å². The predicted molar refractivity (Wildman–Crippen MR) is 84.7 cm³/mol. The monoisotopic (exact) mass is 300 g/mol. The molecule has 116 valence electrons. The normalized spacial score (nSPS) is 26.6. The maximum Gasteiger partial charge on any atom is 0.246 e. The Morgan fingerprint density at radius 2 is 1.85 bits per heavy atom. The fourth-order valence-corrected chi connectivity index (χ4v) is 3.43. The maximum absolute atomic E-state index is 12.8. The van der Waals surface area contributed by atoms with Crippen LogP contribution in [-0.4, -0.2) is 46.8 Å². The Balaban J connectivity index is 3.07. The summed E-state index contributed by atoms with van der Waals surface area (Å²) in [7, 11) is 0. The zero-order valence-corrected chi connectivity index (χ0v) is 14.3. The Bertz CT molecular complexity index is 360. The smallest absolute Gasteiger partial charge is 0.246 e. The van der Waals surface area contributed by atoms with E-state index in [0.29, 0.717) is 0 Å². The lowest BCUT2D eigenvalue weighted by Crippen LogP contribution is -2.68. The van der Waals surface area contributed by atoms with Gasteiger partial charge in [0.05, 0.1) is 0 Å². The second-order valence-electron chi connectivity index (χ2n) is 6.11. The van der Waals surface area contributed by atoms with Gasteiger partial charge in [0.2, 0.25) is 11.8 Å². The summed E-state index contributed by atoms with van der Waals surface area (Å²) < 4.78 is 0. The third-order valence-corrected chi connectivity index (χ3v) is 4.93. The van der Waals surface area contributed by atoms with Crippen LogP contribution in [0.4, 0.5) is 0 Å². The number of rotatable bonds is 6. The number of amides is 2. The molecule has 0 aromatic rings. The van der Waals surface area contributed by atoms with Crippen molar-refractivity contribution in [2.75, 3.05) is 12.0 Å². The molecule has 0 aliphatic carbocycles. The second-order valence-corrected chi connectivity index (χ2v) is 7.02. The molecule has 4 unspecified atom stereocenters. The minimum absolute atomic E-state index is 0.00199. The van der Waals surface area contributed by atoms with Gasteiger partial charge in [-0.05, 0) is 25.0 Å². The van der Waals surface area contributed by atoms with Crippen LogP contribution in [0.3, 0.4) is 0 Å². The quantitative estimate of drug-likeness (QED) is 0.817. The fourth-order valence-electron chi connectivity index (χ4n) is 2.78. The van der Waals surface area contributed by atoms with Gasteiger partial charge in [-0.25, -0.2) is 0 Å². The number of nitrogens with one attached hydrogen (secondary N) is 1. The van der Waals surface area contributed by atoms with Crippen LogP contribution in [0, 0.1) is 11.8 Å². The van der Waals surface area contributed by atoms with E-state index in [4.69, 9.17) is 0 Å². The molecule has 1 saturated heterocycles. The van der Waals surface area contributed by atoms with E-state index in [1.165, 1.54) is 0 Å². The summed E-state index contributed by atoms with van der Waals surface area (Å²) in [5.74, 6) is 1.23. The van der Waals surface area contributed by atoms with Gasteiger partial charge in [0.15, 0.2) is 0 Å². The van der Waals surface area contributed by atoms with Gasteiger partial charge in [-0.15, -0.1) is 0 Å². The highest BCUT2D eigenvalue weighted by atomic mass is 32.2. The third-order valence-electron chi connectivity index (χ3n) is 4.11. The summed E-state index contributed by atoms with van der Waals surface area (Å²) in [5.41, 5.74) is 0. The van der Waals surface area contributed by atoms with Crippen molar-refractivity contribution in [2.45, 2.75) is 59.2 Å². The Hall–Kier alpha value is -0.710. The zero-order valence-electron chi connectivity index (χ0n) is 13.5. The maximum atomic E-state index is 12.8. The largest absolute Gasteiger partial charge is 0.342 e. The van der Waals surface area contributed by atoms with Crippen LogP contribution in [0.5, 0.6) is 0 Å². The number of piperazine rings is 1. The molecule has 1 heterocycles. The number of carbonyl (C=O) groups is 2. The predicted octanol–water partition coefficient (Wildman–Crippen LogP) is 2.14. The number of hydrogen-bond acceptors (Lipinski definition) is 3. The standard InChI is InChI=1S/C15H28N2O2S/c1-7-10(4)12-15(19)17(11(5)8-20-6)13(9(2)3)14(18)16-12/h9-13H,7-8H2,1-6H3,(H,16,18). The molecule has 20 heavy (non-hydrogen) atoms. The highest BCUT2D eigenvalue weighted by molar-refractivity contribution is 7.98. The van der Waals surface area contributed by atoms with Crippen molar-refractivity contribution in [1.82, 2.24) is 10.2 Å². The molecule has 0 radical (unpaired) electrons. The highest BCUT2D eigenvalue weighted by Crippen LogP contribution is 2.25. The van der Waals surface area contributed by atoms with Gasteiger partial charge >= 0.3 is 0 Å². The molecule has 0 aromatic carbocycles. The van der Waals surface area contributed by atoms with Crippen molar-refractivity contribution in [3.63, 3.8) is 0 Å². The minimum Gasteiger partial charge on any atom is -0.342 e. The summed E-state index contributed by atoms with van der Waals surface area (Å²) in [6.45, 7) is 10.1. The molecule has 1 aliphatic heterocycles. The number of carbonyl (C=O) groups excluding carboxylic acids is 2. The van der Waals surface area contributed by atoms with Crippen molar-refractivity contribution >= 4 is 23.6 Å². The number of thioether (sulfide) groups is 1. The average molecular weight is 300 g/mol. The van der Waals surface area contributed by atoms with E-state index >= 15 is 0 Å². The Kier molecular flexibility index (Phi) is 6.37. The molecule has 1 fully saturated rings. The van der Waals surface area contributed by atoms with E-state index in [1.807, 2.05) is 45.8 Å². The van der Waals surface area contributed by atoms with E-state index in [2.05, 4.69) is 5.32 Å². The molecule has 5 heteroatoms. The van der Waals surface area contributed by atoms with Crippen molar-refractivity contribution in [1.29, 1.82) is 0 Å². The van der Waals surface area contributed by atoms with E-state index in [0.717, 1.165) is 12.2 Å². The van der Waals surface area contributed by atoms with E-state index < -0.39 is 0 Å². The molecule has 0 aromatic heterocycles. The van der Waals surface area contributed by atoms with Crippen molar-refractivity contribution < 1.29 is 9.59 Å². The Morgan fingerprint density at radius 3 is 2.30 bits per heavy atom. The van der Waals surface area contributed by atoms with Gasteiger partial charge < -0.3 is 10.2 Å². The van der Waals surface area contributed by atoms with Crippen LogP contribution in [0.1, 0.15) is 41.0 Å². The lowest BCUT2D eigenvalue weighted by Gasteiger charge is -2.45. The molecular weight excluding hydrogens is 272 g/mol. The first-order valence-electron chi connectivity index (χ1n) is 7.46. The summed E-state index contributed by atoms with van der Waals surface area (Å²) in [4.78, 5) is 27.1. The lowest BCUT2D eigenvalue weighted by atomic mass is 9.90. The van der Waals surface area contributed by atoms with E-state index in [9.17, 15) is 9.59 Å². The fraction of sp³-hybridized carbons (Fsp3) is 0.867. The topological polar surface area (TPSA) is 49.4 Å². The Labute approximate surface area is 127 Å². The summed E-state index contributed by atoms with van der Waals surface area (Å²) in [6, 6.07) is -0.626. The highest BCUT2D eigenvalue weighted by Gasteiger charge is 2.45. The summed E-state index contributed by atoms with van der Waals surface area (Å²) >= 11 is 1.71. The molecule has 0 spiro atoms. The molecule has 2 amide bonds. The summed E-state index contributed by atoms with van der Waals surface area (Å²) in [5, 5.41) is 2.94. The van der Waals surface area contributed by atoms with Crippen molar-refractivity contribution in [3.05, 3.63) is 0 Å². The molecule has 0 bridgehead atoms. The molecule has 1 rings (SSSR count). The lowest BCUT2D eigenvalue weighted by molar-refractivity contribution is -0.154. The van der Waals surface area contributed by atoms with Gasteiger partial charge in [-0.3, -0.25) is 9.59 Å². The number of nitrogens with zero attached hydrogens (tertiary/aromatic N) is 1. The van der Waals surface area contributed by atoms with Gasteiger partial charge in [-0.2, -0.15) is 11.8 Å². The van der Waals surface area contributed by atoms with Crippen LogP contribution < -0.4 is 5.32 Å². The molecule has 1 N–H and O–H groups in total. The molecule has 0 saturated carbocycles. The first kappa shape index (κ1) is 17.3. The van der Waals surface area contributed by atoms with Crippen LogP contribution in [0.2, 0.25) is 0 Å². The van der Waals surface area contributed by atoms with Crippen LogP contribution in [0.25, 0.3) is 0 Å². The van der Waals surface area contributed by atoms with E-state index in [-0.39, 0.29) is 41.8 Å². The SMILES string of the molecule is CCC(C)C1NC(=O)C(C(C)C)N(C(C)CSC)C1=O.